The van der Waals surface area contributed by atoms with Crippen molar-refractivity contribution >= 4 is 21.6 Å². The van der Waals surface area contributed by atoms with E-state index in [4.69, 9.17) is 11.5 Å². The van der Waals surface area contributed by atoms with E-state index in [0.717, 1.165) is 25.8 Å². The molecule has 1 aliphatic heterocycles. The zero-order valence-electron chi connectivity index (χ0n) is 15.4. The van der Waals surface area contributed by atoms with Gasteiger partial charge in [0.1, 0.15) is 11.2 Å². The molecule has 144 valence electrons. The van der Waals surface area contributed by atoms with Crippen LogP contribution >= 0.6 is 0 Å². The molecular weight excluding hydrogens is 362 g/mol. The molecule has 0 bridgehead atoms. The summed E-state index contributed by atoms with van der Waals surface area (Å²) in [6.45, 7) is 6.60. The van der Waals surface area contributed by atoms with Crippen molar-refractivity contribution in [3.8, 4) is 11.1 Å². The average molecular weight is 388 g/mol. The van der Waals surface area contributed by atoms with E-state index >= 15 is 0 Å². The Morgan fingerprint density at radius 1 is 1.33 bits per heavy atom. The monoisotopic (exact) mass is 387 g/mol. The topological polar surface area (TPSA) is 115 Å². The van der Waals surface area contributed by atoms with Gasteiger partial charge in [-0.1, -0.05) is 24.6 Å². The van der Waals surface area contributed by atoms with Crippen LogP contribution in [0.4, 0.5) is 11.8 Å². The fourth-order valence-corrected chi connectivity index (χ4v) is 5.31. The van der Waals surface area contributed by atoms with E-state index in [0.29, 0.717) is 11.1 Å². The average Bonchev–Trinajstić information content (AvgIpc) is 2.64. The summed E-state index contributed by atoms with van der Waals surface area (Å²) in [4.78, 5) is 10.1. The molecule has 1 aliphatic rings. The summed E-state index contributed by atoms with van der Waals surface area (Å²) in [6.07, 6.45) is 6.11. The second-order valence-corrected chi connectivity index (χ2v) is 8.85. The Hall–Kier alpha value is -2.45. The van der Waals surface area contributed by atoms with Gasteiger partial charge in [0.2, 0.25) is 5.95 Å². The van der Waals surface area contributed by atoms with Gasteiger partial charge in [-0.2, -0.15) is 4.98 Å². The van der Waals surface area contributed by atoms with Crippen LogP contribution in [0.1, 0.15) is 26.2 Å². The van der Waals surface area contributed by atoms with Crippen LogP contribution in [0.3, 0.4) is 0 Å². The SMILES string of the molecule is C=CC(N1CCCCC1C)S(=O)(=O)c1cccc(-c2cnc(N)nc2N)c1. The highest BCUT2D eigenvalue weighted by Crippen LogP contribution is 2.30. The molecule has 1 fully saturated rings. The van der Waals surface area contributed by atoms with Crippen LogP contribution < -0.4 is 11.5 Å². The lowest BCUT2D eigenvalue weighted by molar-refractivity contribution is 0.160. The third-order valence-corrected chi connectivity index (χ3v) is 7.02. The smallest absolute Gasteiger partial charge is 0.221 e. The molecule has 1 aromatic carbocycles. The molecule has 0 amide bonds. The fourth-order valence-electron chi connectivity index (χ4n) is 3.55. The standard InChI is InChI=1S/C19H25N5O2S/c1-3-17(24-10-5-4-7-13(24)2)27(25,26)15-9-6-8-14(11-15)16-12-22-19(21)23-18(16)20/h3,6,8-9,11-13,17H,1,4-5,7,10H2,2H3,(H4,20,21,22,23). The third-order valence-electron chi connectivity index (χ3n) is 5.01. The van der Waals surface area contributed by atoms with Crippen molar-refractivity contribution in [1.82, 2.24) is 14.9 Å². The van der Waals surface area contributed by atoms with E-state index in [-0.39, 0.29) is 22.7 Å². The molecule has 0 aliphatic carbocycles. The Balaban J connectivity index is 2.00. The fraction of sp³-hybridized carbons (Fsp3) is 0.368. The van der Waals surface area contributed by atoms with Crippen LogP contribution in [-0.4, -0.2) is 41.2 Å². The molecule has 0 spiro atoms. The summed E-state index contributed by atoms with van der Waals surface area (Å²) in [5.74, 6) is 0.285. The first kappa shape index (κ1) is 19.3. The predicted octanol–water partition coefficient (Wildman–Crippen LogP) is 2.47. The van der Waals surface area contributed by atoms with Crippen molar-refractivity contribution in [3.05, 3.63) is 43.1 Å². The molecule has 4 N–H and O–H groups in total. The zero-order chi connectivity index (χ0) is 19.6. The first-order chi connectivity index (χ1) is 12.8. The van der Waals surface area contributed by atoms with Gasteiger partial charge in [-0.05, 0) is 44.0 Å². The number of nitrogens with zero attached hydrogens (tertiary/aromatic N) is 3. The number of hydrogen-bond acceptors (Lipinski definition) is 7. The van der Waals surface area contributed by atoms with E-state index in [1.54, 1.807) is 24.3 Å². The van der Waals surface area contributed by atoms with Gasteiger partial charge < -0.3 is 11.5 Å². The van der Waals surface area contributed by atoms with Crippen molar-refractivity contribution in [2.24, 2.45) is 0 Å². The second kappa shape index (κ2) is 7.66. The molecule has 0 saturated carbocycles. The minimum atomic E-state index is -3.63. The van der Waals surface area contributed by atoms with Crippen LogP contribution in [0.25, 0.3) is 11.1 Å². The van der Waals surface area contributed by atoms with Crippen molar-refractivity contribution in [2.75, 3.05) is 18.0 Å². The Morgan fingerprint density at radius 3 is 2.78 bits per heavy atom. The number of nitrogens with two attached hydrogens (primary N) is 2. The minimum Gasteiger partial charge on any atom is -0.383 e. The van der Waals surface area contributed by atoms with Gasteiger partial charge >= 0.3 is 0 Å². The molecule has 27 heavy (non-hydrogen) atoms. The highest BCUT2D eigenvalue weighted by molar-refractivity contribution is 7.92. The number of nitrogen functional groups attached to an aromatic ring is 2. The summed E-state index contributed by atoms with van der Waals surface area (Å²) >= 11 is 0. The number of anilines is 2. The highest BCUT2D eigenvalue weighted by atomic mass is 32.2. The number of likely N-dealkylation sites (tertiary alicyclic amines) is 1. The molecule has 1 saturated heterocycles. The lowest BCUT2D eigenvalue weighted by Gasteiger charge is -2.37. The molecule has 3 rings (SSSR count). The summed E-state index contributed by atoms with van der Waals surface area (Å²) in [7, 11) is -3.63. The molecule has 2 atom stereocenters. The van der Waals surface area contributed by atoms with Gasteiger partial charge in [0, 0.05) is 17.8 Å². The van der Waals surface area contributed by atoms with Gasteiger partial charge in [-0.15, -0.1) is 6.58 Å². The molecule has 7 nitrogen and oxygen atoms in total. The molecule has 1 aromatic heterocycles. The maximum atomic E-state index is 13.3. The van der Waals surface area contributed by atoms with Gasteiger partial charge in [0.15, 0.2) is 9.84 Å². The van der Waals surface area contributed by atoms with E-state index in [9.17, 15) is 8.42 Å². The van der Waals surface area contributed by atoms with E-state index in [1.165, 1.54) is 12.3 Å². The first-order valence-corrected chi connectivity index (χ1v) is 10.5. The number of aromatic nitrogens is 2. The highest BCUT2D eigenvalue weighted by Gasteiger charge is 2.34. The van der Waals surface area contributed by atoms with Gasteiger partial charge in [0.25, 0.3) is 0 Å². The maximum absolute atomic E-state index is 13.3. The second-order valence-electron chi connectivity index (χ2n) is 6.81. The number of piperidine rings is 1. The van der Waals surface area contributed by atoms with E-state index in [1.807, 2.05) is 4.90 Å². The predicted molar refractivity (Wildman–Crippen MR) is 107 cm³/mol. The van der Waals surface area contributed by atoms with Crippen molar-refractivity contribution in [2.45, 2.75) is 42.5 Å². The van der Waals surface area contributed by atoms with Crippen molar-refractivity contribution in [1.29, 1.82) is 0 Å². The Kier molecular flexibility index (Phi) is 5.48. The molecule has 2 unspecified atom stereocenters. The summed E-state index contributed by atoms with van der Waals surface area (Å²) in [5, 5.41) is -0.761. The van der Waals surface area contributed by atoms with Crippen LogP contribution in [0, 0.1) is 0 Å². The lowest BCUT2D eigenvalue weighted by Crippen LogP contribution is -2.47. The lowest BCUT2D eigenvalue weighted by atomic mass is 10.0. The summed E-state index contributed by atoms with van der Waals surface area (Å²) in [6, 6.07) is 6.86. The zero-order valence-corrected chi connectivity index (χ0v) is 16.2. The molecule has 2 heterocycles. The van der Waals surface area contributed by atoms with Crippen LogP contribution in [0.5, 0.6) is 0 Å². The van der Waals surface area contributed by atoms with E-state index in [2.05, 4.69) is 23.5 Å². The number of hydrogen-bond donors (Lipinski definition) is 2. The van der Waals surface area contributed by atoms with Gasteiger partial charge in [0.05, 0.1) is 4.90 Å². The maximum Gasteiger partial charge on any atom is 0.221 e. The summed E-state index contributed by atoms with van der Waals surface area (Å²) in [5.41, 5.74) is 12.6. The summed E-state index contributed by atoms with van der Waals surface area (Å²) < 4.78 is 26.7. The van der Waals surface area contributed by atoms with Crippen LogP contribution in [0.2, 0.25) is 0 Å². The number of benzene rings is 1. The normalized spacial score (nSPS) is 19.5. The number of rotatable bonds is 5. The quantitative estimate of drug-likeness (QED) is 0.757. The first-order valence-electron chi connectivity index (χ1n) is 8.95. The third kappa shape index (κ3) is 3.81. The molecule has 2 aromatic rings. The van der Waals surface area contributed by atoms with Crippen LogP contribution in [0.15, 0.2) is 48.0 Å². The van der Waals surface area contributed by atoms with Gasteiger partial charge in [-0.3, -0.25) is 4.90 Å². The molecular formula is C19H25N5O2S. The number of sulfone groups is 1. The van der Waals surface area contributed by atoms with Gasteiger partial charge in [-0.25, -0.2) is 13.4 Å². The Morgan fingerprint density at radius 2 is 2.11 bits per heavy atom. The molecule has 0 radical (unpaired) electrons. The Bertz CT molecular complexity index is 945. The van der Waals surface area contributed by atoms with Crippen molar-refractivity contribution in [3.63, 3.8) is 0 Å². The largest absolute Gasteiger partial charge is 0.383 e. The Labute approximate surface area is 160 Å². The van der Waals surface area contributed by atoms with Crippen molar-refractivity contribution < 1.29 is 8.42 Å². The molecule has 8 heteroatoms. The van der Waals surface area contributed by atoms with E-state index < -0.39 is 15.2 Å². The minimum absolute atomic E-state index is 0.0748. The van der Waals surface area contributed by atoms with Crippen LogP contribution in [-0.2, 0) is 9.84 Å².